The van der Waals surface area contributed by atoms with Gasteiger partial charge in [-0.1, -0.05) is 17.7 Å². The second-order valence-corrected chi connectivity index (χ2v) is 6.06. The normalized spacial score (nSPS) is 11.2. The van der Waals surface area contributed by atoms with Crippen molar-refractivity contribution >= 4 is 27.4 Å². The van der Waals surface area contributed by atoms with Crippen LogP contribution >= 0.6 is 11.6 Å². The van der Waals surface area contributed by atoms with Crippen molar-refractivity contribution in [1.82, 2.24) is 0 Å². The average molecular weight is 279 g/mol. The molecule has 1 rings (SSSR count). The zero-order valence-electron chi connectivity index (χ0n) is 9.01. The summed E-state index contributed by atoms with van der Waals surface area (Å²) in [5.74, 6) is -1.34. The number of hydrogen-bond acceptors (Lipinski definition) is 4. The van der Waals surface area contributed by atoms with E-state index in [1.807, 2.05) is 0 Å². The zero-order valence-corrected chi connectivity index (χ0v) is 10.6. The molecule has 0 saturated heterocycles. The molecule has 0 atom stereocenters. The lowest BCUT2D eigenvalue weighted by Gasteiger charge is -2.09. The van der Waals surface area contributed by atoms with Crippen molar-refractivity contribution in [3.05, 3.63) is 28.8 Å². The van der Waals surface area contributed by atoms with Gasteiger partial charge in [0, 0.05) is 6.26 Å². The topological polar surface area (TPSA) is 80.7 Å². The molecule has 1 aromatic rings. The maximum absolute atomic E-state index is 10.9. The molecule has 0 radical (unpaired) electrons. The molecule has 0 aromatic heterocycles. The van der Waals surface area contributed by atoms with Crippen LogP contribution in [0.2, 0.25) is 5.02 Å². The Morgan fingerprint density at radius 3 is 2.65 bits per heavy atom. The van der Waals surface area contributed by atoms with Crippen molar-refractivity contribution in [3.63, 3.8) is 0 Å². The number of benzene rings is 1. The van der Waals surface area contributed by atoms with E-state index in [0.29, 0.717) is 0 Å². The first-order valence-corrected chi connectivity index (χ1v) is 7.07. The Hall–Kier alpha value is -1.27. The van der Waals surface area contributed by atoms with E-state index in [9.17, 15) is 13.2 Å². The molecule has 0 fully saturated rings. The summed E-state index contributed by atoms with van der Waals surface area (Å²) >= 11 is 5.71. The van der Waals surface area contributed by atoms with Crippen molar-refractivity contribution < 1.29 is 23.1 Å². The van der Waals surface area contributed by atoms with Crippen LogP contribution in [-0.4, -0.2) is 38.1 Å². The van der Waals surface area contributed by atoms with Gasteiger partial charge in [0.2, 0.25) is 0 Å². The van der Waals surface area contributed by atoms with E-state index >= 15 is 0 Å². The summed E-state index contributed by atoms with van der Waals surface area (Å²) in [5, 5.41) is 8.97. The zero-order chi connectivity index (χ0) is 13.1. The fourth-order valence-corrected chi connectivity index (χ4v) is 1.77. The van der Waals surface area contributed by atoms with E-state index in [1.165, 1.54) is 18.2 Å². The van der Waals surface area contributed by atoms with E-state index < -0.39 is 15.8 Å². The van der Waals surface area contributed by atoms with Gasteiger partial charge in [-0.25, -0.2) is 13.2 Å². The van der Waals surface area contributed by atoms with Crippen molar-refractivity contribution in [2.45, 2.75) is 0 Å². The molecule has 0 aliphatic rings. The summed E-state index contributed by atoms with van der Waals surface area (Å²) in [4.78, 5) is 10.9. The molecule has 17 heavy (non-hydrogen) atoms. The Kier molecular flexibility index (Phi) is 4.36. The van der Waals surface area contributed by atoms with Crippen LogP contribution < -0.4 is 4.74 Å². The summed E-state index contributed by atoms with van der Waals surface area (Å²) in [7, 11) is -3.14. The largest absolute Gasteiger partial charge is 0.492 e. The first kappa shape index (κ1) is 13.8. The van der Waals surface area contributed by atoms with Crippen molar-refractivity contribution in [1.29, 1.82) is 0 Å². The van der Waals surface area contributed by atoms with Gasteiger partial charge in [-0.3, -0.25) is 0 Å². The smallest absolute Gasteiger partial charge is 0.341 e. The van der Waals surface area contributed by atoms with Crippen molar-refractivity contribution in [2.24, 2.45) is 0 Å². The third-order valence-corrected chi connectivity index (χ3v) is 3.12. The van der Waals surface area contributed by atoms with Gasteiger partial charge >= 0.3 is 5.97 Å². The third kappa shape index (κ3) is 4.24. The quantitative estimate of drug-likeness (QED) is 0.882. The molecular weight excluding hydrogens is 268 g/mol. The highest BCUT2D eigenvalue weighted by atomic mass is 35.5. The number of ether oxygens (including phenoxy) is 1. The SMILES string of the molecule is CS(=O)(=O)CCOc1cccc(Cl)c1C(=O)O. The number of carboxylic acids is 1. The highest BCUT2D eigenvalue weighted by molar-refractivity contribution is 7.90. The molecule has 94 valence electrons. The Morgan fingerprint density at radius 2 is 2.12 bits per heavy atom. The number of carboxylic acid groups (broad SMARTS) is 1. The van der Waals surface area contributed by atoms with Gasteiger partial charge < -0.3 is 9.84 Å². The molecule has 0 aliphatic carbocycles. The van der Waals surface area contributed by atoms with E-state index in [1.54, 1.807) is 0 Å². The number of aromatic carboxylic acids is 1. The highest BCUT2D eigenvalue weighted by Gasteiger charge is 2.15. The third-order valence-electron chi connectivity index (χ3n) is 1.90. The summed E-state index contributed by atoms with van der Waals surface area (Å²) in [6.07, 6.45) is 1.08. The van der Waals surface area contributed by atoms with Crippen LogP contribution in [0.1, 0.15) is 10.4 Å². The van der Waals surface area contributed by atoms with Crippen molar-refractivity contribution in [3.8, 4) is 5.75 Å². The van der Waals surface area contributed by atoms with Gasteiger partial charge in [-0.05, 0) is 12.1 Å². The average Bonchev–Trinajstić information content (AvgIpc) is 2.14. The molecule has 0 bridgehead atoms. The summed E-state index contributed by atoms with van der Waals surface area (Å²) in [6, 6.07) is 4.39. The molecule has 0 spiro atoms. The minimum Gasteiger partial charge on any atom is -0.492 e. The Morgan fingerprint density at radius 1 is 1.47 bits per heavy atom. The van der Waals surface area contributed by atoms with Gasteiger partial charge in [0.05, 0.1) is 10.8 Å². The molecule has 1 N–H and O–H groups in total. The molecular formula is C10H11ClO5S. The lowest BCUT2D eigenvalue weighted by atomic mass is 10.2. The maximum Gasteiger partial charge on any atom is 0.341 e. The monoisotopic (exact) mass is 278 g/mol. The first-order valence-electron chi connectivity index (χ1n) is 4.63. The number of hydrogen-bond donors (Lipinski definition) is 1. The molecule has 0 unspecified atom stereocenters. The Bertz CT molecular complexity index is 523. The van der Waals surface area contributed by atoms with Crippen LogP contribution in [0.15, 0.2) is 18.2 Å². The van der Waals surface area contributed by atoms with Crippen LogP contribution in [0, 0.1) is 0 Å². The fraction of sp³-hybridized carbons (Fsp3) is 0.300. The predicted octanol–water partition coefficient (Wildman–Crippen LogP) is 1.46. The lowest BCUT2D eigenvalue weighted by Crippen LogP contribution is -2.13. The summed E-state index contributed by atoms with van der Waals surface area (Å²) < 4.78 is 26.9. The van der Waals surface area contributed by atoms with Crippen LogP contribution in [0.4, 0.5) is 0 Å². The molecule has 1 aromatic carbocycles. The van der Waals surface area contributed by atoms with E-state index in [2.05, 4.69) is 0 Å². The molecule has 5 nitrogen and oxygen atoms in total. The molecule has 0 saturated carbocycles. The minimum absolute atomic E-state index is 0.0503. The summed E-state index contributed by atoms with van der Waals surface area (Å²) in [6.45, 7) is -0.112. The van der Waals surface area contributed by atoms with E-state index in [4.69, 9.17) is 21.4 Å². The molecule has 0 amide bonds. The number of rotatable bonds is 5. The molecule has 7 heteroatoms. The second-order valence-electron chi connectivity index (χ2n) is 3.40. The minimum atomic E-state index is -3.14. The first-order chi connectivity index (χ1) is 7.81. The van der Waals surface area contributed by atoms with Gasteiger partial charge in [-0.15, -0.1) is 0 Å². The van der Waals surface area contributed by atoms with Gasteiger partial charge in [0.1, 0.15) is 17.9 Å². The second kappa shape index (κ2) is 5.37. The van der Waals surface area contributed by atoms with Gasteiger partial charge in [-0.2, -0.15) is 0 Å². The van der Waals surface area contributed by atoms with Crippen LogP contribution in [0.5, 0.6) is 5.75 Å². The standard InChI is InChI=1S/C10H11ClO5S/c1-17(14,15)6-5-16-8-4-2-3-7(11)9(8)10(12)13/h2-4H,5-6H2,1H3,(H,12,13). The van der Waals surface area contributed by atoms with E-state index in [-0.39, 0.29) is 28.7 Å². The molecule has 0 heterocycles. The maximum atomic E-state index is 10.9. The number of sulfone groups is 1. The predicted molar refractivity (Wildman–Crippen MR) is 63.6 cm³/mol. The van der Waals surface area contributed by atoms with E-state index in [0.717, 1.165) is 6.26 Å². The Balaban J connectivity index is 2.85. The van der Waals surface area contributed by atoms with Crippen LogP contribution in [0.3, 0.4) is 0 Å². The Labute approximate surface area is 104 Å². The number of carbonyl (C=O) groups is 1. The van der Waals surface area contributed by atoms with Crippen LogP contribution in [0.25, 0.3) is 0 Å². The van der Waals surface area contributed by atoms with Gasteiger partial charge in [0.15, 0.2) is 9.84 Å². The fourth-order valence-electron chi connectivity index (χ4n) is 1.14. The molecule has 0 aliphatic heterocycles. The summed E-state index contributed by atoms with van der Waals surface area (Å²) in [5.41, 5.74) is -0.164. The lowest BCUT2D eigenvalue weighted by molar-refractivity contribution is 0.0693. The number of halogens is 1. The van der Waals surface area contributed by atoms with Gasteiger partial charge in [0.25, 0.3) is 0 Å². The van der Waals surface area contributed by atoms with Crippen molar-refractivity contribution in [2.75, 3.05) is 18.6 Å². The highest BCUT2D eigenvalue weighted by Crippen LogP contribution is 2.26. The van der Waals surface area contributed by atoms with Crippen LogP contribution in [-0.2, 0) is 9.84 Å².